The minimum Gasteiger partial charge on any atom is -0.465 e. The van der Waals surface area contributed by atoms with E-state index in [1.54, 1.807) is 19.1 Å². The minimum atomic E-state index is -4.28. The lowest BCUT2D eigenvalue weighted by atomic mass is 10.1. The van der Waals surface area contributed by atoms with Gasteiger partial charge in [0.1, 0.15) is 18.1 Å². The van der Waals surface area contributed by atoms with Crippen molar-refractivity contribution in [3.05, 3.63) is 95.1 Å². The Morgan fingerprint density at radius 1 is 0.846 bits per heavy atom. The monoisotopic (exact) mass is 556 g/mol. The lowest BCUT2D eigenvalue weighted by molar-refractivity contribution is -0.141. The molecular weight excluding hydrogens is 531 g/mol. The highest BCUT2D eigenvalue weighted by Gasteiger charge is 2.20. The van der Waals surface area contributed by atoms with Crippen LogP contribution in [0.4, 0.5) is 4.39 Å². The molecule has 204 valence electrons. The van der Waals surface area contributed by atoms with Crippen LogP contribution in [0.25, 0.3) is 0 Å². The number of carbonyl (C=O) groups is 4. The number of rotatable bonds is 11. The van der Waals surface area contributed by atoms with Crippen LogP contribution in [-0.4, -0.2) is 56.8 Å². The molecule has 1 heterocycles. The van der Waals surface area contributed by atoms with Crippen LogP contribution in [-0.2, 0) is 26.0 Å². The van der Waals surface area contributed by atoms with Crippen LogP contribution in [0.2, 0.25) is 0 Å². The molecule has 13 heteroatoms. The third-order valence-electron chi connectivity index (χ3n) is 5.22. The third kappa shape index (κ3) is 8.43. The number of nitrogens with zero attached hydrogens (tertiary/aromatic N) is 1. The molecule has 0 radical (unpaired) electrons. The van der Waals surface area contributed by atoms with Crippen LogP contribution < -0.4 is 15.4 Å². The van der Waals surface area contributed by atoms with Gasteiger partial charge in [0.15, 0.2) is 0 Å². The number of hydrogen-bond acceptors (Lipinski definition) is 8. The van der Waals surface area contributed by atoms with E-state index in [1.807, 2.05) is 4.72 Å². The van der Waals surface area contributed by atoms with Gasteiger partial charge < -0.3 is 15.4 Å². The molecule has 3 rings (SSSR count). The summed E-state index contributed by atoms with van der Waals surface area (Å²) in [4.78, 5) is 51.7. The second-order valence-electron chi connectivity index (χ2n) is 8.01. The topological polar surface area (TPSA) is 161 Å². The second kappa shape index (κ2) is 13.2. The Balaban J connectivity index is 1.54. The fourth-order valence-corrected chi connectivity index (χ4v) is 4.19. The van der Waals surface area contributed by atoms with Crippen molar-refractivity contribution < 1.29 is 36.7 Å². The first-order valence-corrected chi connectivity index (χ1v) is 13.2. The Morgan fingerprint density at radius 3 is 2.13 bits per heavy atom. The fraction of sp³-hybridized carbons (Fsp3) is 0.192. The molecule has 11 nitrogen and oxygen atoms in total. The molecule has 0 saturated heterocycles. The van der Waals surface area contributed by atoms with E-state index in [-0.39, 0.29) is 40.7 Å². The predicted molar refractivity (Wildman–Crippen MR) is 137 cm³/mol. The van der Waals surface area contributed by atoms with Crippen LogP contribution in [0.1, 0.15) is 43.7 Å². The highest BCUT2D eigenvalue weighted by Crippen LogP contribution is 2.12. The van der Waals surface area contributed by atoms with E-state index in [4.69, 9.17) is 4.74 Å². The average Bonchev–Trinajstić information content (AvgIpc) is 2.93. The summed E-state index contributed by atoms with van der Waals surface area (Å²) in [7, 11) is -4.28. The summed E-state index contributed by atoms with van der Waals surface area (Å²) >= 11 is 0. The van der Waals surface area contributed by atoms with Crippen molar-refractivity contribution >= 4 is 33.7 Å². The average molecular weight is 557 g/mol. The Kier molecular flexibility index (Phi) is 9.81. The van der Waals surface area contributed by atoms with Gasteiger partial charge in [-0.15, -0.1) is 0 Å². The van der Waals surface area contributed by atoms with E-state index in [2.05, 4.69) is 15.6 Å². The van der Waals surface area contributed by atoms with E-state index in [9.17, 15) is 32.0 Å². The molecule has 2 aromatic carbocycles. The largest absolute Gasteiger partial charge is 0.465 e. The zero-order chi connectivity index (χ0) is 28.4. The Bertz CT molecular complexity index is 1440. The summed E-state index contributed by atoms with van der Waals surface area (Å²) in [6.45, 7) is 1.73. The van der Waals surface area contributed by atoms with Crippen molar-refractivity contribution in [2.45, 2.75) is 18.2 Å². The number of hydrogen-bond donors (Lipinski definition) is 3. The minimum absolute atomic E-state index is 0.0924. The van der Waals surface area contributed by atoms with Crippen LogP contribution in [0.5, 0.6) is 0 Å². The number of nitrogens with one attached hydrogen (secondary N) is 3. The van der Waals surface area contributed by atoms with E-state index in [0.29, 0.717) is 13.0 Å². The molecule has 0 fully saturated rings. The summed E-state index contributed by atoms with van der Waals surface area (Å²) in [5.41, 5.74) is 0.833. The molecule has 3 amide bonds. The van der Waals surface area contributed by atoms with Gasteiger partial charge in [0, 0.05) is 18.3 Å². The molecule has 3 aromatic rings. The molecule has 3 N–H and O–H groups in total. The molecule has 1 aromatic heterocycles. The summed E-state index contributed by atoms with van der Waals surface area (Å²) in [5.74, 6) is -3.06. The summed E-state index contributed by atoms with van der Waals surface area (Å²) < 4.78 is 44.9. The Morgan fingerprint density at radius 2 is 1.51 bits per heavy atom. The van der Waals surface area contributed by atoms with Crippen molar-refractivity contribution in [3.8, 4) is 0 Å². The number of benzene rings is 2. The molecule has 0 aliphatic carbocycles. The molecule has 0 bridgehead atoms. The molecule has 0 atom stereocenters. The zero-order valence-corrected chi connectivity index (χ0v) is 21.6. The highest BCUT2D eigenvalue weighted by molar-refractivity contribution is 7.90. The first kappa shape index (κ1) is 28.9. The lowest BCUT2D eigenvalue weighted by Crippen LogP contribution is -2.32. The van der Waals surface area contributed by atoms with E-state index in [0.717, 1.165) is 11.8 Å². The number of esters is 1. The first-order valence-electron chi connectivity index (χ1n) is 11.7. The number of carbonyl (C=O) groups excluding carboxylic acids is 4. The van der Waals surface area contributed by atoms with Gasteiger partial charge in [-0.2, -0.15) is 0 Å². The molecule has 0 aliphatic rings. The van der Waals surface area contributed by atoms with Crippen molar-refractivity contribution in [3.63, 3.8) is 0 Å². The van der Waals surface area contributed by atoms with Gasteiger partial charge in [0.05, 0.1) is 17.1 Å². The molecule has 0 saturated carbocycles. The van der Waals surface area contributed by atoms with Gasteiger partial charge in [0.25, 0.3) is 27.7 Å². The molecule has 0 spiro atoms. The van der Waals surface area contributed by atoms with Gasteiger partial charge >= 0.3 is 5.97 Å². The normalized spacial score (nSPS) is 10.8. The highest BCUT2D eigenvalue weighted by atomic mass is 32.2. The maximum absolute atomic E-state index is 13.0. The molecule has 39 heavy (non-hydrogen) atoms. The number of pyridine rings is 1. The van der Waals surface area contributed by atoms with Gasteiger partial charge in [-0.3, -0.25) is 24.2 Å². The number of sulfonamides is 1. The SMILES string of the molecule is CCOC(=O)CNC(=O)c1ccc(C(=O)NS(=O)(=O)c2ccc(C(=O)NCCc3ccc(F)cc3)cc2)cn1. The molecule has 0 aliphatic heterocycles. The third-order valence-corrected chi connectivity index (χ3v) is 6.57. The van der Waals surface area contributed by atoms with Crippen LogP contribution in [0.3, 0.4) is 0 Å². The number of halogens is 1. The van der Waals surface area contributed by atoms with Crippen LogP contribution in [0.15, 0.2) is 71.8 Å². The second-order valence-corrected chi connectivity index (χ2v) is 9.69. The quantitative estimate of drug-likeness (QED) is 0.300. The summed E-state index contributed by atoms with van der Waals surface area (Å²) in [6.07, 6.45) is 1.50. The van der Waals surface area contributed by atoms with Crippen molar-refractivity contribution in [1.82, 2.24) is 20.3 Å². The van der Waals surface area contributed by atoms with Crippen LogP contribution in [0, 0.1) is 5.82 Å². The van der Waals surface area contributed by atoms with E-state index >= 15 is 0 Å². The molecular formula is C26H25FN4O7S. The fourth-order valence-electron chi connectivity index (χ4n) is 3.22. The lowest BCUT2D eigenvalue weighted by Gasteiger charge is -2.09. The van der Waals surface area contributed by atoms with Gasteiger partial charge in [-0.05, 0) is 67.4 Å². The number of ether oxygens (including phenoxy) is 1. The van der Waals surface area contributed by atoms with Crippen LogP contribution >= 0.6 is 0 Å². The Labute approximate surface area is 223 Å². The maximum atomic E-state index is 13.0. The maximum Gasteiger partial charge on any atom is 0.325 e. The summed E-state index contributed by atoms with van der Waals surface area (Å²) in [5, 5.41) is 5.01. The first-order chi connectivity index (χ1) is 18.6. The van der Waals surface area contributed by atoms with Crippen molar-refractivity contribution in [2.24, 2.45) is 0 Å². The molecule has 0 unspecified atom stereocenters. The summed E-state index contributed by atoms with van der Waals surface area (Å²) in [6, 6.07) is 13.3. The van der Waals surface area contributed by atoms with E-state index in [1.165, 1.54) is 48.5 Å². The van der Waals surface area contributed by atoms with E-state index < -0.39 is 33.7 Å². The number of aromatic nitrogens is 1. The Hall–Kier alpha value is -4.65. The van der Waals surface area contributed by atoms with Gasteiger partial charge in [-0.25, -0.2) is 17.5 Å². The van der Waals surface area contributed by atoms with Crippen molar-refractivity contribution in [1.29, 1.82) is 0 Å². The van der Waals surface area contributed by atoms with Gasteiger partial charge in [-0.1, -0.05) is 12.1 Å². The number of amides is 3. The zero-order valence-electron chi connectivity index (χ0n) is 20.8. The van der Waals surface area contributed by atoms with Crippen molar-refractivity contribution in [2.75, 3.05) is 19.7 Å². The smallest absolute Gasteiger partial charge is 0.325 e. The predicted octanol–water partition coefficient (Wildman–Crippen LogP) is 1.60. The standard InChI is InChI=1S/C26H25FN4O7S/c1-2-38-23(32)16-30-26(35)22-12-7-19(15-29-22)25(34)31-39(36,37)21-10-5-18(6-11-21)24(33)28-14-13-17-3-8-20(27)9-4-17/h3-12,15H,2,13-14,16H2,1H3,(H,28,33)(H,30,35)(H,31,34). The van der Waals surface area contributed by atoms with Gasteiger partial charge in [0.2, 0.25) is 0 Å².